The molecule has 1 saturated carbocycles. The van der Waals surface area contributed by atoms with Crippen LogP contribution < -0.4 is 11.1 Å². The van der Waals surface area contributed by atoms with Crippen molar-refractivity contribution in [3.8, 4) is 0 Å². The van der Waals surface area contributed by atoms with Gasteiger partial charge < -0.3 is 16.3 Å². The number of carbonyl (C=O) groups is 1. The van der Waals surface area contributed by atoms with Crippen LogP contribution in [0.25, 0.3) is 0 Å². The third-order valence-corrected chi connectivity index (χ3v) is 4.69. The number of hydrogen-bond donors (Lipinski definition) is 3. The summed E-state index contributed by atoms with van der Waals surface area (Å²) in [5, 5.41) is 14.8. The summed E-state index contributed by atoms with van der Waals surface area (Å²) < 4.78 is 0.818. The Morgan fingerprint density at radius 2 is 2.24 bits per heavy atom. The van der Waals surface area contributed by atoms with Crippen LogP contribution in [-0.2, 0) is 4.79 Å². The van der Waals surface area contributed by atoms with Crippen molar-refractivity contribution >= 4 is 33.4 Å². The number of oxime groups is 1. The van der Waals surface area contributed by atoms with Crippen molar-refractivity contribution in [2.75, 3.05) is 5.32 Å². The Bertz CT molecular complexity index is 584. The van der Waals surface area contributed by atoms with Crippen LogP contribution in [0.2, 0.25) is 0 Å². The van der Waals surface area contributed by atoms with Crippen LogP contribution in [0.3, 0.4) is 0 Å². The average Bonchev–Trinajstić information content (AvgIpc) is 2.77. The van der Waals surface area contributed by atoms with E-state index in [2.05, 4.69) is 40.2 Å². The van der Waals surface area contributed by atoms with E-state index in [4.69, 9.17) is 10.9 Å². The Labute approximate surface area is 132 Å². The van der Waals surface area contributed by atoms with Gasteiger partial charge in [-0.2, -0.15) is 0 Å². The summed E-state index contributed by atoms with van der Waals surface area (Å²) in [7, 11) is 0. The van der Waals surface area contributed by atoms with Crippen molar-refractivity contribution in [2.24, 2.45) is 22.2 Å². The average molecular weight is 354 g/mol. The van der Waals surface area contributed by atoms with E-state index in [0.29, 0.717) is 11.3 Å². The first-order valence-electron chi connectivity index (χ1n) is 6.93. The molecule has 0 heterocycles. The molecule has 1 aliphatic rings. The summed E-state index contributed by atoms with van der Waals surface area (Å²) in [4.78, 5) is 12.5. The second-order valence-corrected chi connectivity index (χ2v) is 7.01. The number of nitrogens with zero attached hydrogens (tertiary/aromatic N) is 1. The molecule has 0 saturated heterocycles. The molecule has 0 aliphatic heterocycles. The fourth-order valence-electron chi connectivity index (χ4n) is 2.93. The maximum atomic E-state index is 12.5. The molecule has 1 atom stereocenters. The summed E-state index contributed by atoms with van der Waals surface area (Å²) in [6.45, 7) is 4.24. The fourth-order valence-corrected chi connectivity index (χ4v) is 3.29. The number of amides is 1. The zero-order valence-electron chi connectivity index (χ0n) is 12.2. The van der Waals surface area contributed by atoms with Crippen molar-refractivity contribution in [3.05, 3.63) is 28.2 Å². The second-order valence-electron chi connectivity index (χ2n) is 6.10. The van der Waals surface area contributed by atoms with Crippen LogP contribution in [0.15, 0.2) is 27.8 Å². The molecular weight excluding hydrogens is 334 g/mol. The molecule has 6 heteroatoms. The van der Waals surface area contributed by atoms with E-state index in [-0.39, 0.29) is 23.1 Å². The number of benzene rings is 1. The van der Waals surface area contributed by atoms with E-state index in [1.807, 2.05) is 0 Å². The number of hydrogen-bond acceptors (Lipinski definition) is 3. The van der Waals surface area contributed by atoms with Gasteiger partial charge in [0.2, 0.25) is 5.91 Å². The summed E-state index contributed by atoms with van der Waals surface area (Å²) in [5.41, 5.74) is 6.72. The summed E-state index contributed by atoms with van der Waals surface area (Å²) in [6.07, 6.45) is 3.01. The van der Waals surface area contributed by atoms with Crippen molar-refractivity contribution in [3.63, 3.8) is 0 Å². The number of amidine groups is 1. The first-order valence-corrected chi connectivity index (χ1v) is 7.73. The van der Waals surface area contributed by atoms with Crippen molar-refractivity contribution in [1.29, 1.82) is 0 Å². The Balaban J connectivity index is 2.27. The number of rotatable bonds is 3. The predicted molar refractivity (Wildman–Crippen MR) is 86.4 cm³/mol. The lowest BCUT2D eigenvalue weighted by atomic mass is 9.81. The quantitative estimate of drug-likeness (QED) is 0.337. The summed E-state index contributed by atoms with van der Waals surface area (Å²) in [6, 6.07) is 5.24. The Morgan fingerprint density at radius 1 is 1.52 bits per heavy atom. The second kappa shape index (κ2) is 6.05. The van der Waals surface area contributed by atoms with Crippen LogP contribution in [0.4, 0.5) is 5.69 Å². The van der Waals surface area contributed by atoms with Gasteiger partial charge >= 0.3 is 0 Å². The maximum absolute atomic E-state index is 12.5. The minimum Gasteiger partial charge on any atom is -0.409 e. The lowest BCUT2D eigenvalue weighted by Gasteiger charge is -2.26. The third-order valence-electron chi connectivity index (χ3n) is 4.20. The molecule has 1 aromatic carbocycles. The van der Waals surface area contributed by atoms with Gasteiger partial charge in [-0.1, -0.05) is 41.4 Å². The van der Waals surface area contributed by atoms with Gasteiger partial charge in [0, 0.05) is 16.0 Å². The smallest absolute Gasteiger partial charge is 0.228 e. The van der Waals surface area contributed by atoms with E-state index in [9.17, 15) is 4.79 Å². The molecule has 1 amide bonds. The highest BCUT2D eigenvalue weighted by atomic mass is 79.9. The first kappa shape index (κ1) is 15.8. The standard InChI is InChI=1S/C15H20BrN3O2/c1-15(2)7-3-4-11(15)14(20)18-12-8-9(16)5-6-10(12)13(17)19-21/h5-6,8,11,21H,3-4,7H2,1-2H3,(H2,17,19)(H,18,20). The van der Waals surface area contributed by atoms with Gasteiger partial charge in [0.05, 0.1) is 5.69 Å². The molecule has 5 nitrogen and oxygen atoms in total. The zero-order valence-corrected chi connectivity index (χ0v) is 13.8. The highest BCUT2D eigenvalue weighted by Gasteiger charge is 2.39. The van der Waals surface area contributed by atoms with Gasteiger partial charge in [0.25, 0.3) is 0 Å². The lowest BCUT2D eigenvalue weighted by Crippen LogP contribution is -2.31. The number of nitrogens with two attached hydrogens (primary N) is 1. The largest absolute Gasteiger partial charge is 0.409 e. The first-order chi connectivity index (χ1) is 9.85. The Morgan fingerprint density at radius 3 is 2.81 bits per heavy atom. The third kappa shape index (κ3) is 3.37. The molecular formula is C15H20BrN3O2. The lowest BCUT2D eigenvalue weighted by molar-refractivity contribution is -0.122. The fraction of sp³-hybridized carbons (Fsp3) is 0.467. The molecule has 1 aromatic rings. The van der Waals surface area contributed by atoms with Crippen LogP contribution in [0, 0.1) is 11.3 Å². The topological polar surface area (TPSA) is 87.7 Å². The molecule has 1 unspecified atom stereocenters. The van der Waals surface area contributed by atoms with Crippen LogP contribution >= 0.6 is 15.9 Å². The SMILES string of the molecule is CC1(C)CCCC1C(=O)Nc1cc(Br)ccc1/C(N)=N/O. The van der Waals surface area contributed by atoms with E-state index >= 15 is 0 Å². The molecule has 114 valence electrons. The molecule has 2 rings (SSSR count). The normalized spacial score (nSPS) is 21.3. The number of halogens is 1. The van der Waals surface area contributed by atoms with E-state index in [0.717, 1.165) is 23.7 Å². The summed E-state index contributed by atoms with van der Waals surface area (Å²) in [5.74, 6) is -0.0531. The number of nitrogens with one attached hydrogen (secondary N) is 1. The molecule has 0 radical (unpaired) electrons. The minimum absolute atomic E-state index is 0.00682. The van der Waals surface area contributed by atoms with Gasteiger partial charge in [0.15, 0.2) is 5.84 Å². The van der Waals surface area contributed by atoms with Crippen LogP contribution in [0.1, 0.15) is 38.7 Å². The number of anilines is 1. The molecule has 0 bridgehead atoms. The molecule has 4 N–H and O–H groups in total. The van der Waals surface area contributed by atoms with Crippen molar-refractivity contribution < 1.29 is 10.0 Å². The highest BCUT2D eigenvalue weighted by molar-refractivity contribution is 9.10. The Kier molecular flexibility index (Phi) is 4.56. The number of carbonyl (C=O) groups excluding carboxylic acids is 1. The van der Waals surface area contributed by atoms with Crippen LogP contribution in [0.5, 0.6) is 0 Å². The highest BCUT2D eigenvalue weighted by Crippen LogP contribution is 2.43. The van der Waals surface area contributed by atoms with Crippen LogP contribution in [-0.4, -0.2) is 17.0 Å². The van der Waals surface area contributed by atoms with Gasteiger partial charge in [-0.25, -0.2) is 0 Å². The monoisotopic (exact) mass is 353 g/mol. The summed E-state index contributed by atoms with van der Waals surface area (Å²) >= 11 is 3.37. The molecule has 0 spiro atoms. The zero-order chi connectivity index (χ0) is 15.6. The van der Waals surface area contributed by atoms with E-state index in [1.54, 1.807) is 18.2 Å². The molecule has 1 aliphatic carbocycles. The van der Waals surface area contributed by atoms with E-state index in [1.165, 1.54) is 0 Å². The van der Waals surface area contributed by atoms with Gasteiger partial charge in [0.1, 0.15) is 0 Å². The van der Waals surface area contributed by atoms with Gasteiger partial charge in [-0.3, -0.25) is 4.79 Å². The maximum Gasteiger partial charge on any atom is 0.228 e. The molecule has 21 heavy (non-hydrogen) atoms. The molecule has 0 aromatic heterocycles. The predicted octanol–water partition coefficient (Wildman–Crippen LogP) is 3.31. The minimum atomic E-state index is -0.0246. The van der Waals surface area contributed by atoms with Crippen molar-refractivity contribution in [2.45, 2.75) is 33.1 Å². The van der Waals surface area contributed by atoms with Gasteiger partial charge in [-0.15, -0.1) is 0 Å². The molecule has 1 fully saturated rings. The van der Waals surface area contributed by atoms with Crippen molar-refractivity contribution in [1.82, 2.24) is 0 Å². The van der Waals surface area contributed by atoms with Gasteiger partial charge in [-0.05, 0) is 36.5 Å². The van der Waals surface area contributed by atoms with E-state index < -0.39 is 0 Å². The Hall–Kier alpha value is -1.56.